The fourth-order valence-corrected chi connectivity index (χ4v) is 3.23. The summed E-state index contributed by atoms with van der Waals surface area (Å²) in [7, 11) is 0. The van der Waals surface area contributed by atoms with Gasteiger partial charge in [-0.25, -0.2) is 4.58 Å². The lowest BCUT2D eigenvalue weighted by atomic mass is 9.93. The molecule has 0 atom stereocenters. The summed E-state index contributed by atoms with van der Waals surface area (Å²) in [6, 6.07) is 19.5. The first kappa shape index (κ1) is 20.2. The number of hydrogen-bond acceptors (Lipinski definition) is 0. The number of allylic oxidation sites excluding steroid dienone is 2. The van der Waals surface area contributed by atoms with Gasteiger partial charge in [-0.2, -0.15) is 0 Å². The highest BCUT2D eigenvalue weighted by molar-refractivity contribution is 6.17. The minimum atomic E-state index is 1.13. The fourth-order valence-electron chi connectivity index (χ4n) is 3.23. The standard InChI is InChI=1S/C25H34N/c1-5-7-18-26(19-8-6-2)20-25(24-17-13-12-14-21(24)3)22(4)23-15-10-9-11-16-23/h9-17,20H,5-8,18-19H2,1-4H3/q+1/b25-22+. The highest BCUT2D eigenvalue weighted by Gasteiger charge is 2.13. The van der Waals surface area contributed by atoms with Gasteiger partial charge < -0.3 is 0 Å². The van der Waals surface area contributed by atoms with Gasteiger partial charge in [-0.3, -0.25) is 0 Å². The van der Waals surface area contributed by atoms with Crippen LogP contribution < -0.4 is 0 Å². The van der Waals surface area contributed by atoms with E-state index >= 15 is 0 Å². The summed E-state index contributed by atoms with van der Waals surface area (Å²) in [5.74, 6) is 0. The van der Waals surface area contributed by atoms with Crippen LogP contribution in [0.3, 0.4) is 0 Å². The Morgan fingerprint density at radius 2 is 1.42 bits per heavy atom. The highest BCUT2D eigenvalue weighted by atomic mass is 15.0. The van der Waals surface area contributed by atoms with Gasteiger partial charge in [0, 0.05) is 18.4 Å². The summed E-state index contributed by atoms with van der Waals surface area (Å²) in [6.45, 7) is 11.3. The first-order chi connectivity index (χ1) is 12.7. The summed E-state index contributed by atoms with van der Waals surface area (Å²) in [5.41, 5.74) is 6.67. The number of hydrogen-bond donors (Lipinski definition) is 0. The lowest BCUT2D eigenvalue weighted by molar-refractivity contribution is -0.523. The van der Waals surface area contributed by atoms with Crippen molar-refractivity contribution in [2.45, 2.75) is 53.4 Å². The van der Waals surface area contributed by atoms with E-state index in [-0.39, 0.29) is 0 Å². The minimum Gasteiger partial charge on any atom is -0.235 e. The summed E-state index contributed by atoms with van der Waals surface area (Å²) < 4.78 is 2.53. The Labute approximate surface area is 160 Å². The van der Waals surface area contributed by atoms with Gasteiger partial charge in [0.1, 0.15) is 13.1 Å². The molecule has 0 aliphatic carbocycles. The maximum absolute atomic E-state index is 2.53. The SMILES string of the molecule is CCCC[N+](=C/C(=C(/C)c1ccccc1)c1ccccc1C)CCCC. The molecule has 0 N–H and O–H groups in total. The molecule has 0 aromatic heterocycles. The molecular formula is C25H34N+. The van der Waals surface area contributed by atoms with Crippen LogP contribution in [0.5, 0.6) is 0 Å². The number of rotatable bonds is 9. The van der Waals surface area contributed by atoms with E-state index in [2.05, 4.69) is 93.1 Å². The molecule has 0 bridgehead atoms. The van der Waals surface area contributed by atoms with Gasteiger partial charge in [0.25, 0.3) is 0 Å². The van der Waals surface area contributed by atoms with Crippen LogP contribution in [0.25, 0.3) is 11.1 Å². The number of benzene rings is 2. The molecule has 0 heterocycles. The molecule has 2 rings (SSSR count). The van der Waals surface area contributed by atoms with Gasteiger partial charge in [0.15, 0.2) is 6.21 Å². The predicted molar refractivity (Wildman–Crippen MR) is 116 cm³/mol. The van der Waals surface area contributed by atoms with E-state index in [9.17, 15) is 0 Å². The Bertz CT molecular complexity index is 728. The van der Waals surface area contributed by atoms with Crippen molar-refractivity contribution in [3.05, 3.63) is 71.3 Å². The summed E-state index contributed by atoms with van der Waals surface area (Å²) in [6.07, 6.45) is 7.36. The van der Waals surface area contributed by atoms with E-state index in [0.717, 1.165) is 13.1 Å². The van der Waals surface area contributed by atoms with Gasteiger partial charge >= 0.3 is 0 Å². The van der Waals surface area contributed by atoms with Crippen molar-refractivity contribution in [1.82, 2.24) is 0 Å². The molecule has 0 radical (unpaired) electrons. The minimum absolute atomic E-state index is 1.13. The zero-order valence-corrected chi connectivity index (χ0v) is 17.0. The molecule has 138 valence electrons. The molecule has 2 aromatic carbocycles. The van der Waals surface area contributed by atoms with E-state index in [4.69, 9.17) is 0 Å². The van der Waals surface area contributed by atoms with Crippen molar-refractivity contribution in [2.75, 3.05) is 13.1 Å². The average Bonchev–Trinajstić information content (AvgIpc) is 2.68. The van der Waals surface area contributed by atoms with Crippen LogP contribution in [0, 0.1) is 6.92 Å². The predicted octanol–water partition coefficient (Wildman–Crippen LogP) is 6.61. The third-order valence-corrected chi connectivity index (χ3v) is 4.96. The van der Waals surface area contributed by atoms with Crippen LogP contribution in [0.4, 0.5) is 0 Å². The molecule has 0 saturated heterocycles. The number of aryl methyl sites for hydroxylation is 1. The van der Waals surface area contributed by atoms with Gasteiger partial charge in [-0.1, -0.05) is 81.3 Å². The van der Waals surface area contributed by atoms with Crippen molar-refractivity contribution >= 4 is 17.4 Å². The Hall–Kier alpha value is -2.15. The van der Waals surface area contributed by atoms with Gasteiger partial charge in [-0.15, -0.1) is 0 Å². The average molecular weight is 349 g/mol. The second-order valence-electron chi connectivity index (χ2n) is 7.09. The lowest BCUT2D eigenvalue weighted by Gasteiger charge is -2.12. The first-order valence-corrected chi connectivity index (χ1v) is 10.1. The van der Waals surface area contributed by atoms with Crippen LogP contribution in [0.1, 0.15) is 63.1 Å². The van der Waals surface area contributed by atoms with Crippen LogP contribution in [0.15, 0.2) is 54.6 Å². The van der Waals surface area contributed by atoms with Crippen LogP contribution >= 0.6 is 0 Å². The zero-order chi connectivity index (χ0) is 18.8. The first-order valence-electron chi connectivity index (χ1n) is 10.1. The largest absolute Gasteiger partial charge is 0.235 e. The van der Waals surface area contributed by atoms with E-state index < -0.39 is 0 Å². The maximum atomic E-state index is 2.53. The Morgan fingerprint density at radius 1 is 0.846 bits per heavy atom. The summed E-state index contributed by atoms with van der Waals surface area (Å²) in [4.78, 5) is 0. The van der Waals surface area contributed by atoms with E-state index in [1.807, 2.05) is 0 Å². The third kappa shape index (κ3) is 5.69. The normalized spacial score (nSPS) is 11.8. The molecule has 0 amide bonds. The molecule has 0 unspecified atom stereocenters. The second kappa shape index (κ2) is 10.8. The molecule has 0 aliphatic rings. The maximum Gasteiger partial charge on any atom is 0.171 e. The van der Waals surface area contributed by atoms with Crippen molar-refractivity contribution in [3.63, 3.8) is 0 Å². The Morgan fingerprint density at radius 3 is 2.00 bits per heavy atom. The fraction of sp³-hybridized carbons (Fsp3) is 0.400. The molecule has 1 heteroatoms. The van der Waals surface area contributed by atoms with Crippen molar-refractivity contribution < 1.29 is 4.58 Å². The molecule has 0 spiro atoms. The lowest BCUT2D eigenvalue weighted by Crippen LogP contribution is -2.17. The molecular weight excluding hydrogens is 314 g/mol. The molecule has 0 aliphatic heterocycles. The Kier molecular flexibility index (Phi) is 8.34. The Balaban J connectivity index is 2.56. The van der Waals surface area contributed by atoms with E-state index in [1.165, 1.54) is 53.5 Å². The van der Waals surface area contributed by atoms with Gasteiger partial charge in [-0.05, 0) is 36.1 Å². The van der Waals surface area contributed by atoms with Crippen LogP contribution in [-0.2, 0) is 0 Å². The third-order valence-electron chi connectivity index (χ3n) is 4.96. The monoisotopic (exact) mass is 348 g/mol. The quantitative estimate of drug-likeness (QED) is 0.272. The van der Waals surface area contributed by atoms with E-state index in [0.29, 0.717) is 0 Å². The molecule has 0 fully saturated rings. The molecule has 1 nitrogen and oxygen atoms in total. The van der Waals surface area contributed by atoms with Crippen molar-refractivity contribution in [2.24, 2.45) is 0 Å². The molecule has 2 aromatic rings. The summed E-state index contributed by atoms with van der Waals surface area (Å²) in [5, 5.41) is 0. The smallest absolute Gasteiger partial charge is 0.171 e. The molecule has 0 saturated carbocycles. The highest BCUT2D eigenvalue weighted by Crippen LogP contribution is 2.27. The van der Waals surface area contributed by atoms with Crippen molar-refractivity contribution in [3.8, 4) is 0 Å². The number of nitrogens with zero attached hydrogens (tertiary/aromatic N) is 1. The van der Waals surface area contributed by atoms with E-state index in [1.54, 1.807) is 0 Å². The van der Waals surface area contributed by atoms with Gasteiger partial charge in [0.05, 0.1) is 0 Å². The number of unbranched alkanes of at least 4 members (excludes halogenated alkanes) is 2. The molecule has 26 heavy (non-hydrogen) atoms. The summed E-state index contributed by atoms with van der Waals surface area (Å²) >= 11 is 0. The zero-order valence-electron chi connectivity index (χ0n) is 17.0. The van der Waals surface area contributed by atoms with Crippen LogP contribution in [0.2, 0.25) is 0 Å². The van der Waals surface area contributed by atoms with Gasteiger partial charge in [0.2, 0.25) is 0 Å². The van der Waals surface area contributed by atoms with Crippen LogP contribution in [-0.4, -0.2) is 23.9 Å². The van der Waals surface area contributed by atoms with Crippen molar-refractivity contribution in [1.29, 1.82) is 0 Å². The second-order valence-corrected chi connectivity index (χ2v) is 7.09. The topological polar surface area (TPSA) is 3.01 Å².